The molecule has 0 saturated heterocycles. The second-order valence-electron chi connectivity index (χ2n) is 5.43. The van der Waals surface area contributed by atoms with Crippen molar-refractivity contribution in [1.82, 2.24) is 0 Å². The number of rotatable bonds is 4. The van der Waals surface area contributed by atoms with Crippen LogP contribution in [-0.2, 0) is 4.79 Å². The summed E-state index contributed by atoms with van der Waals surface area (Å²) in [5.41, 5.74) is 0.950. The molecule has 0 amide bonds. The molecule has 1 N–H and O–H groups in total. The first-order valence-electron chi connectivity index (χ1n) is 6.30. The van der Waals surface area contributed by atoms with Crippen LogP contribution in [0.15, 0.2) is 12.1 Å². The summed E-state index contributed by atoms with van der Waals surface area (Å²) < 4.78 is 5.40. The molecule has 0 heterocycles. The summed E-state index contributed by atoms with van der Waals surface area (Å²) in [5, 5.41) is 9.67. The number of hydrogen-bond donors (Lipinski definition) is 1. The number of phenolic OH excluding ortho intramolecular Hbond substituents is 1. The summed E-state index contributed by atoms with van der Waals surface area (Å²) in [4.78, 5) is 12.0. The largest absolute Gasteiger partial charge is 0.507 e. The molecule has 0 atom stereocenters. The molecule has 18 heavy (non-hydrogen) atoms. The van der Waals surface area contributed by atoms with E-state index in [0.717, 1.165) is 12.8 Å². The average molecular weight is 250 g/mol. The molecule has 0 aliphatic heterocycles. The van der Waals surface area contributed by atoms with Gasteiger partial charge in [-0.3, -0.25) is 4.79 Å². The SMILES string of the molecule is CCCC(C)(C)C(=O)Oc1cc(C)c(O)c(C)c1. The Morgan fingerprint density at radius 2 is 1.78 bits per heavy atom. The zero-order valence-corrected chi connectivity index (χ0v) is 11.8. The minimum atomic E-state index is -0.478. The Morgan fingerprint density at radius 1 is 1.28 bits per heavy atom. The van der Waals surface area contributed by atoms with E-state index in [9.17, 15) is 9.90 Å². The van der Waals surface area contributed by atoms with Gasteiger partial charge in [0.1, 0.15) is 11.5 Å². The van der Waals surface area contributed by atoms with Crippen molar-refractivity contribution in [2.24, 2.45) is 5.41 Å². The number of ether oxygens (including phenoxy) is 1. The molecule has 1 aromatic rings. The quantitative estimate of drug-likeness (QED) is 0.654. The Kier molecular flexibility index (Phi) is 4.38. The van der Waals surface area contributed by atoms with Gasteiger partial charge in [-0.05, 0) is 57.4 Å². The van der Waals surface area contributed by atoms with Crippen LogP contribution >= 0.6 is 0 Å². The highest BCUT2D eigenvalue weighted by Crippen LogP contribution is 2.30. The smallest absolute Gasteiger partial charge is 0.316 e. The van der Waals surface area contributed by atoms with Gasteiger partial charge in [0.15, 0.2) is 0 Å². The van der Waals surface area contributed by atoms with Gasteiger partial charge >= 0.3 is 5.97 Å². The van der Waals surface area contributed by atoms with Gasteiger partial charge in [0.25, 0.3) is 0 Å². The lowest BCUT2D eigenvalue weighted by Crippen LogP contribution is -2.28. The number of phenols is 1. The normalized spacial score (nSPS) is 11.4. The zero-order valence-electron chi connectivity index (χ0n) is 11.8. The third-order valence-electron chi connectivity index (χ3n) is 3.10. The first-order chi connectivity index (χ1) is 8.27. The lowest BCUT2D eigenvalue weighted by atomic mass is 9.88. The summed E-state index contributed by atoms with van der Waals surface area (Å²) in [6, 6.07) is 3.37. The van der Waals surface area contributed by atoms with Crippen LogP contribution in [-0.4, -0.2) is 11.1 Å². The Morgan fingerprint density at radius 3 is 2.22 bits per heavy atom. The number of esters is 1. The third-order valence-corrected chi connectivity index (χ3v) is 3.10. The first-order valence-corrected chi connectivity index (χ1v) is 6.30. The first kappa shape index (κ1) is 14.6. The van der Waals surface area contributed by atoms with E-state index in [1.807, 2.05) is 20.8 Å². The summed E-state index contributed by atoms with van der Waals surface area (Å²) in [6.45, 7) is 9.40. The Balaban J connectivity index is 2.89. The Hall–Kier alpha value is -1.51. The molecule has 0 unspecified atom stereocenters. The second kappa shape index (κ2) is 5.42. The van der Waals surface area contributed by atoms with Crippen LogP contribution in [0.1, 0.15) is 44.7 Å². The fourth-order valence-electron chi connectivity index (χ4n) is 1.95. The van der Waals surface area contributed by atoms with Crippen molar-refractivity contribution in [3.63, 3.8) is 0 Å². The zero-order chi connectivity index (χ0) is 13.9. The van der Waals surface area contributed by atoms with E-state index in [1.165, 1.54) is 0 Å². The van der Waals surface area contributed by atoms with Crippen molar-refractivity contribution in [3.05, 3.63) is 23.3 Å². The maximum absolute atomic E-state index is 12.0. The molecular formula is C15H22O3. The number of hydrogen-bond acceptors (Lipinski definition) is 3. The number of aryl methyl sites for hydroxylation is 2. The van der Waals surface area contributed by atoms with E-state index in [4.69, 9.17) is 4.74 Å². The van der Waals surface area contributed by atoms with Gasteiger partial charge in [-0.15, -0.1) is 0 Å². The highest BCUT2D eigenvalue weighted by molar-refractivity contribution is 5.78. The molecule has 1 rings (SSSR count). The fourth-order valence-corrected chi connectivity index (χ4v) is 1.95. The highest BCUT2D eigenvalue weighted by Gasteiger charge is 2.28. The molecule has 0 saturated carbocycles. The molecule has 0 aromatic heterocycles. The van der Waals surface area contributed by atoms with E-state index in [0.29, 0.717) is 16.9 Å². The molecule has 0 aliphatic carbocycles. The monoisotopic (exact) mass is 250 g/mol. The minimum absolute atomic E-state index is 0.228. The van der Waals surface area contributed by atoms with Gasteiger partial charge in [-0.25, -0.2) is 0 Å². The number of aromatic hydroxyl groups is 1. The topological polar surface area (TPSA) is 46.5 Å². The Labute approximate surface area is 109 Å². The van der Waals surface area contributed by atoms with Crippen LogP contribution in [0.25, 0.3) is 0 Å². The summed E-state index contributed by atoms with van der Waals surface area (Å²) in [7, 11) is 0. The highest BCUT2D eigenvalue weighted by atomic mass is 16.5. The maximum Gasteiger partial charge on any atom is 0.316 e. The van der Waals surface area contributed by atoms with E-state index in [2.05, 4.69) is 0 Å². The van der Waals surface area contributed by atoms with Crippen molar-refractivity contribution in [3.8, 4) is 11.5 Å². The molecule has 0 radical (unpaired) electrons. The van der Waals surface area contributed by atoms with Crippen molar-refractivity contribution < 1.29 is 14.6 Å². The molecule has 0 spiro atoms. The van der Waals surface area contributed by atoms with Gasteiger partial charge in [0.2, 0.25) is 0 Å². The maximum atomic E-state index is 12.0. The van der Waals surface area contributed by atoms with E-state index in [1.54, 1.807) is 26.0 Å². The van der Waals surface area contributed by atoms with Crippen LogP contribution in [0.5, 0.6) is 11.5 Å². The molecular weight excluding hydrogens is 228 g/mol. The third kappa shape index (κ3) is 3.25. The van der Waals surface area contributed by atoms with Crippen LogP contribution in [0.3, 0.4) is 0 Å². The fraction of sp³-hybridized carbons (Fsp3) is 0.533. The van der Waals surface area contributed by atoms with Crippen LogP contribution in [0.4, 0.5) is 0 Å². The molecule has 3 heteroatoms. The summed E-state index contributed by atoms with van der Waals surface area (Å²) in [6.07, 6.45) is 1.73. The predicted molar refractivity (Wildman–Crippen MR) is 71.9 cm³/mol. The number of carbonyl (C=O) groups excluding carboxylic acids is 1. The number of benzene rings is 1. The van der Waals surface area contributed by atoms with Gasteiger partial charge in [0.05, 0.1) is 5.41 Å². The second-order valence-corrected chi connectivity index (χ2v) is 5.43. The molecule has 100 valence electrons. The standard InChI is InChI=1S/C15H22O3/c1-6-7-15(4,5)14(17)18-12-8-10(2)13(16)11(3)9-12/h8-9,16H,6-7H2,1-5H3. The van der Waals surface area contributed by atoms with Crippen molar-refractivity contribution >= 4 is 5.97 Å². The average Bonchev–Trinajstić information content (AvgIpc) is 2.25. The van der Waals surface area contributed by atoms with E-state index >= 15 is 0 Å². The van der Waals surface area contributed by atoms with E-state index < -0.39 is 5.41 Å². The van der Waals surface area contributed by atoms with E-state index in [-0.39, 0.29) is 11.7 Å². The van der Waals surface area contributed by atoms with Crippen molar-refractivity contribution in [2.45, 2.75) is 47.5 Å². The minimum Gasteiger partial charge on any atom is -0.507 e. The van der Waals surface area contributed by atoms with Gasteiger partial charge in [-0.1, -0.05) is 13.3 Å². The van der Waals surface area contributed by atoms with Crippen LogP contribution in [0, 0.1) is 19.3 Å². The molecule has 0 bridgehead atoms. The predicted octanol–water partition coefficient (Wildman–Crippen LogP) is 3.74. The molecule has 3 nitrogen and oxygen atoms in total. The van der Waals surface area contributed by atoms with Gasteiger partial charge in [0, 0.05) is 0 Å². The lowest BCUT2D eigenvalue weighted by Gasteiger charge is -2.21. The molecule has 0 aliphatic rings. The number of carbonyl (C=O) groups is 1. The van der Waals surface area contributed by atoms with Crippen LogP contribution in [0.2, 0.25) is 0 Å². The molecule has 0 fully saturated rings. The summed E-state index contributed by atoms with van der Waals surface area (Å²) in [5.74, 6) is 0.522. The molecule has 1 aromatic carbocycles. The van der Waals surface area contributed by atoms with Gasteiger partial charge < -0.3 is 9.84 Å². The van der Waals surface area contributed by atoms with Gasteiger partial charge in [-0.2, -0.15) is 0 Å². The summed E-state index contributed by atoms with van der Waals surface area (Å²) >= 11 is 0. The van der Waals surface area contributed by atoms with Crippen LogP contribution < -0.4 is 4.74 Å². The Bertz CT molecular complexity index is 424. The van der Waals surface area contributed by atoms with Crippen molar-refractivity contribution in [1.29, 1.82) is 0 Å². The lowest BCUT2D eigenvalue weighted by molar-refractivity contribution is -0.144. The van der Waals surface area contributed by atoms with Crippen molar-refractivity contribution in [2.75, 3.05) is 0 Å².